The van der Waals surface area contributed by atoms with Crippen molar-refractivity contribution in [2.75, 3.05) is 0 Å². The van der Waals surface area contributed by atoms with Crippen molar-refractivity contribution in [2.45, 2.75) is 0 Å². The van der Waals surface area contributed by atoms with Gasteiger partial charge in [0.05, 0.1) is 0 Å². The van der Waals surface area contributed by atoms with E-state index in [0.29, 0.717) is 0 Å². The van der Waals surface area contributed by atoms with Crippen LogP contribution in [-0.2, 0) is 0 Å². The Morgan fingerprint density at radius 2 is 1.53 bits per heavy atom. The molecule has 0 heterocycles. The number of rotatable bonds is 3. The quantitative estimate of drug-likeness (QED) is 0.682. The molecule has 0 atom stereocenters. The first-order chi connectivity index (χ1) is 8.34. The minimum atomic E-state index is 0.758. The summed E-state index contributed by atoms with van der Waals surface area (Å²) in [6, 6.07) is 19.2. The van der Waals surface area contributed by atoms with E-state index < -0.39 is 0 Å². The largest absolute Gasteiger partial charge is 0.0843 e. The van der Waals surface area contributed by atoms with Crippen molar-refractivity contribution in [1.29, 1.82) is 0 Å². The van der Waals surface area contributed by atoms with Crippen LogP contribution in [0.25, 0.3) is 12.2 Å². The Kier molecular flexibility index (Phi) is 4.02. The molecule has 0 amide bonds. The Balaban J connectivity index is 1.98. The standard InChI is InChI=1S/C16H11Cl/c17-16-12-10-15(11-13-16)9-5-4-8-14-6-2-1-3-7-14/h2,4-13H/b8-4+,9-5+. The predicted octanol–water partition coefficient (Wildman–Crippen LogP) is 4.67. The Morgan fingerprint density at radius 1 is 0.824 bits per heavy atom. The van der Waals surface area contributed by atoms with E-state index in [1.165, 1.54) is 0 Å². The van der Waals surface area contributed by atoms with E-state index in [-0.39, 0.29) is 0 Å². The van der Waals surface area contributed by atoms with Crippen molar-refractivity contribution in [1.82, 2.24) is 0 Å². The number of hydrogen-bond acceptors (Lipinski definition) is 0. The Bertz CT molecular complexity index is 507. The second-order valence-electron chi connectivity index (χ2n) is 3.54. The van der Waals surface area contributed by atoms with E-state index in [1.807, 2.05) is 66.8 Å². The lowest BCUT2D eigenvalue weighted by Gasteiger charge is -1.91. The third kappa shape index (κ3) is 3.83. The molecule has 0 fully saturated rings. The zero-order valence-corrected chi connectivity index (χ0v) is 9.98. The molecule has 2 aromatic rings. The van der Waals surface area contributed by atoms with Crippen molar-refractivity contribution < 1.29 is 0 Å². The normalized spacial score (nSPS) is 10.9. The minimum Gasteiger partial charge on any atom is -0.0843 e. The molecule has 0 aromatic heterocycles. The molecule has 1 heteroatoms. The molecule has 0 aliphatic carbocycles. The van der Waals surface area contributed by atoms with E-state index in [4.69, 9.17) is 11.6 Å². The summed E-state index contributed by atoms with van der Waals surface area (Å²) in [4.78, 5) is 0. The van der Waals surface area contributed by atoms with Crippen LogP contribution >= 0.6 is 11.6 Å². The summed E-state index contributed by atoms with van der Waals surface area (Å²) in [6.07, 6.45) is 8.06. The van der Waals surface area contributed by atoms with Crippen LogP contribution in [-0.4, -0.2) is 0 Å². The molecule has 17 heavy (non-hydrogen) atoms. The fourth-order valence-corrected chi connectivity index (χ4v) is 1.50. The second kappa shape index (κ2) is 5.94. The van der Waals surface area contributed by atoms with Crippen LogP contribution in [0, 0.1) is 12.1 Å². The highest BCUT2D eigenvalue weighted by Gasteiger charge is 1.86. The topological polar surface area (TPSA) is 0 Å². The van der Waals surface area contributed by atoms with Gasteiger partial charge in [0.25, 0.3) is 0 Å². The zero-order valence-electron chi connectivity index (χ0n) is 9.23. The molecule has 2 aromatic carbocycles. The van der Waals surface area contributed by atoms with Crippen molar-refractivity contribution in [2.24, 2.45) is 0 Å². The van der Waals surface area contributed by atoms with Crippen LogP contribution in [0.2, 0.25) is 5.02 Å². The van der Waals surface area contributed by atoms with E-state index >= 15 is 0 Å². The first-order valence-electron chi connectivity index (χ1n) is 5.33. The van der Waals surface area contributed by atoms with Crippen molar-refractivity contribution in [3.05, 3.63) is 82.9 Å². The summed E-state index contributed by atoms with van der Waals surface area (Å²) in [5.41, 5.74) is 2.25. The predicted molar refractivity (Wildman–Crippen MR) is 73.6 cm³/mol. The van der Waals surface area contributed by atoms with E-state index in [1.54, 1.807) is 0 Å². The molecule has 0 saturated heterocycles. The molecule has 0 nitrogen and oxygen atoms in total. The van der Waals surface area contributed by atoms with Crippen molar-refractivity contribution >= 4 is 23.8 Å². The summed E-state index contributed by atoms with van der Waals surface area (Å²) in [6.45, 7) is 0. The van der Waals surface area contributed by atoms with E-state index in [9.17, 15) is 0 Å². The van der Waals surface area contributed by atoms with Crippen LogP contribution in [0.4, 0.5) is 0 Å². The average Bonchev–Trinajstić information content (AvgIpc) is 2.38. The number of allylic oxidation sites excluding steroid dienone is 2. The highest BCUT2D eigenvalue weighted by Crippen LogP contribution is 2.10. The second-order valence-corrected chi connectivity index (χ2v) is 3.97. The summed E-state index contributed by atoms with van der Waals surface area (Å²) < 4.78 is 0. The maximum Gasteiger partial charge on any atom is 0.0406 e. The number of hydrogen-bond donors (Lipinski definition) is 0. The van der Waals surface area contributed by atoms with Gasteiger partial charge in [-0.05, 0) is 41.5 Å². The molecule has 0 radical (unpaired) electrons. The lowest BCUT2D eigenvalue weighted by atomic mass is 10.2. The molecule has 0 unspecified atom stereocenters. The van der Waals surface area contributed by atoms with Gasteiger partial charge in [-0.2, -0.15) is 0 Å². The van der Waals surface area contributed by atoms with Crippen LogP contribution < -0.4 is 0 Å². The van der Waals surface area contributed by atoms with Crippen LogP contribution in [0.5, 0.6) is 0 Å². The molecule has 0 bridgehead atoms. The van der Waals surface area contributed by atoms with Gasteiger partial charge >= 0.3 is 0 Å². The van der Waals surface area contributed by atoms with Gasteiger partial charge in [0, 0.05) is 5.02 Å². The fourth-order valence-electron chi connectivity index (χ4n) is 1.37. The number of halogens is 1. The lowest BCUT2D eigenvalue weighted by Crippen LogP contribution is -1.69. The zero-order chi connectivity index (χ0) is 11.9. The molecular weight excluding hydrogens is 228 g/mol. The highest BCUT2D eigenvalue weighted by atomic mass is 35.5. The van der Waals surface area contributed by atoms with Gasteiger partial charge in [-0.3, -0.25) is 0 Å². The Morgan fingerprint density at radius 3 is 2.18 bits per heavy atom. The monoisotopic (exact) mass is 238 g/mol. The smallest absolute Gasteiger partial charge is 0.0406 e. The van der Waals surface area contributed by atoms with Crippen molar-refractivity contribution in [3.8, 4) is 0 Å². The van der Waals surface area contributed by atoms with Crippen LogP contribution in [0.3, 0.4) is 0 Å². The number of benzene rings is 1. The van der Waals surface area contributed by atoms with Crippen LogP contribution in [0.15, 0.2) is 54.6 Å². The average molecular weight is 239 g/mol. The maximum atomic E-state index is 5.81. The third-order valence-electron chi connectivity index (χ3n) is 2.24. The molecule has 0 aliphatic heterocycles. The van der Waals surface area contributed by atoms with Gasteiger partial charge < -0.3 is 0 Å². The SMILES string of the molecule is Clc1ccc(/C=C/C=C/c2cc#ccc2)cc1. The molecule has 0 aliphatic rings. The molecule has 0 N–H and O–H groups in total. The van der Waals surface area contributed by atoms with Gasteiger partial charge in [0.2, 0.25) is 0 Å². The Labute approximate surface area is 107 Å². The molecule has 82 valence electrons. The van der Waals surface area contributed by atoms with Gasteiger partial charge in [-0.15, -0.1) is 0 Å². The summed E-state index contributed by atoms with van der Waals surface area (Å²) in [5.74, 6) is 0. The van der Waals surface area contributed by atoms with Gasteiger partial charge in [-0.1, -0.05) is 60.2 Å². The third-order valence-corrected chi connectivity index (χ3v) is 2.49. The van der Waals surface area contributed by atoms with Gasteiger partial charge in [0.15, 0.2) is 0 Å². The summed E-state index contributed by atoms with van der Waals surface area (Å²) >= 11 is 5.81. The van der Waals surface area contributed by atoms with Crippen molar-refractivity contribution in [3.63, 3.8) is 0 Å². The first kappa shape index (κ1) is 11.5. The lowest BCUT2D eigenvalue weighted by molar-refractivity contribution is 1.66. The minimum absolute atomic E-state index is 0.758. The summed E-state index contributed by atoms with van der Waals surface area (Å²) in [5, 5.41) is 0.758. The Hall–Kier alpha value is -1.97. The molecule has 0 spiro atoms. The van der Waals surface area contributed by atoms with E-state index in [0.717, 1.165) is 16.1 Å². The molecule has 2 rings (SSSR count). The van der Waals surface area contributed by atoms with Crippen LogP contribution in [0.1, 0.15) is 11.1 Å². The molecule has 0 saturated carbocycles. The fraction of sp³-hybridized carbons (Fsp3) is 0. The molecular formula is C16H11Cl. The maximum absolute atomic E-state index is 5.81. The summed E-state index contributed by atoms with van der Waals surface area (Å²) in [7, 11) is 0. The highest BCUT2D eigenvalue weighted by molar-refractivity contribution is 6.30. The van der Waals surface area contributed by atoms with E-state index in [2.05, 4.69) is 12.1 Å². The van der Waals surface area contributed by atoms with Gasteiger partial charge in [-0.25, -0.2) is 0 Å². The van der Waals surface area contributed by atoms with Gasteiger partial charge in [0.1, 0.15) is 0 Å². The first-order valence-corrected chi connectivity index (χ1v) is 5.70.